The first kappa shape index (κ1) is 19.6. The number of nitrogens with one attached hydrogen (secondary N) is 1. The van der Waals surface area contributed by atoms with Gasteiger partial charge in [-0.15, -0.1) is 0 Å². The Morgan fingerprint density at radius 3 is 2.93 bits per heavy atom. The number of aryl methyl sites for hydroxylation is 1. The van der Waals surface area contributed by atoms with Crippen LogP contribution in [-0.4, -0.2) is 60.7 Å². The Hall–Kier alpha value is -3.17. The zero-order valence-electron chi connectivity index (χ0n) is 15.4. The van der Waals surface area contributed by atoms with E-state index in [4.69, 9.17) is 4.74 Å². The van der Waals surface area contributed by atoms with Gasteiger partial charge in [0, 0.05) is 39.1 Å². The summed E-state index contributed by atoms with van der Waals surface area (Å²) in [6, 6.07) is 0. The normalized spacial score (nSPS) is 16.6. The lowest BCUT2D eigenvalue weighted by Crippen LogP contribution is -2.41. The molecular weight excluding hydrogens is 360 g/mol. The molecule has 0 aromatic carbocycles. The highest BCUT2D eigenvalue weighted by Crippen LogP contribution is 2.21. The minimum absolute atomic E-state index is 0. The Kier molecular flexibility index (Phi) is 5.76. The maximum absolute atomic E-state index is 11.8. The highest BCUT2D eigenvalue weighted by molar-refractivity contribution is 5.75. The number of hydrogen-bond donors (Lipinski definition) is 1. The summed E-state index contributed by atoms with van der Waals surface area (Å²) < 4.78 is 8.44. The quantitative estimate of drug-likeness (QED) is 0.734. The first-order chi connectivity index (χ1) is 13.1. The van der Waals surface area contributed by atoms with Gasteiger partial charge in [-0.2, -0.15) is 15.2 Å². The monoisotopic (exact) mass is 386 g/mol. The molecule has 0 aliphatic carbocycles. The van der Waals surface area contributed by atoms with Crippen molar-refractivity contribution in [3.8, 4) is 0 Å². The zero-order valence-corrected chi connectivity index (χ0v) is 15.4. The molecule has 1 amide bonds. The van der Waals surface area contributed by atoms with Crippen LogP contribution in [0.1, 0.15) is 20.3 Å². The molecule has 3 aromatic heterocycles. The number of ether oxygens (including phenoxy) is 1. The Bertz CT molecular complexity index is 950. The molecule has 1 aliphatic rings. The summed E-state index contributed by atoms with van der Waals surface area (Å²) in [5.74, 6) is 0.808. The lowest BCUT2D eigenvalue weighted by molar-refractivity contribution is 0.0985. The predicted octanol–water partition coefficient (Wildman–Crippen LogP) is 2.42. The van der Waals surface area contributed by atoms with E-state index in [1.165, 1.54) is 7.11 Å². The van der Waals surface area contributed by atoms with Gasteiger partial charge in [-0.1, -0.05) is 7.43 Å². The minimum Gasteiger partial charge on any atom is -0.453 e. The molecule has 1 atom stereocenters. The van der Waals surface area contributed by atoms with Crippen LogP contribution in [0.4, 0.5) is 16.4 Å². The number of anilines is 2. The first-order valence-electron chi connectivity index (χ1n) is 8.89. The second-order valence-electron chi connectivity index (χ2n) is 6.75. The van der Waals surface area contributed by atoms with Crippen LogP contribution < -0.4 is 5.32 Å². The maximum Gasteiger partial charge on any atom is 0.409 e. The molecule has 1 unspecified atom stereocenters. The Balaban J connectivity index is 0.00000225. The number of carbonyl (C=O) groups is 1. The second-order valence-corrected chi connectivity index (χ2v) is 6.75. The van der Waals surface area contributed by atoms with Crippen molar-refractivity contribution in [1.29, 1.82) is 0 Å². The SMILES string of the molecule is C.COC(=O)N1CCCC(Cn2ncc3cnc(Nc4cnn(C)c4)nc32)C1. The molecule has 150 valence electrons. The van der Waals surface area contributed by atoms with Crippen LogP contribution in [-0.2, 0) is 18.3 Å². The number of fused-ring (bicyclic) bond motifs is 1. The number of hydrogen-bond acceptors (Lipinski definition) is 7. The van der Waals surface area contributed by atoms with E-state index < -0.39 is 0 Å². The molecule has 3 aromatic rings. The van der Waals surface area contributed by atoms with Crippen molar-refractivity contribution in [2.75, 3.05) is 25.5 Å². The Morgan fingerprint density at radius 1 is 1.32 bits per heavy atom. The van der Waals surface area contributed by atoms with Gasteiger partial charge in [0.1, 0.15) is 0 Å². The van der Waals surface area contributed by atoms with E-state index in [2.05, 4.69) is 25.5 Å². The molecule has 0 bridgehead atoms. The molecule has 1 N–H and O–H groups in total. The molecule has 4 rings (SSSR count). The van der Waals surface area contributed by atoms with Gasteiger partial charge in [0.25, 0.3) is 0 Å². The second kappa shape index (κ2) is 8.24. The molecule has 28 heavy (non-hydrogen) atoms. The molecule has 1 aliphatic heterocycles. The number of nitrogens with zero attached hydrogens (tertiary/aromatic N) is 7. The molecule has 10 nitrogen and oxygen atoms in total. The number of aromatic nitrogens is 6. The molecule has 1 fully saturated rings. The molecule has 10 heteroatoms. The Labute approximate surface area is 163 Å². The largest absolute Gasteiger partial charge is 0.453 e. The van der Waals surface area contributed by atoms with E-state index in [1.54, 1.807) is 28.2 Å². The van der Waals surface area contributed by atoms with E-state index >= 15 is 0 Å². The van der Waals surface area contributed by atoms with Crippen LogP contribution in [0.3, 0.4) is 0 Å². The summed E-state index contributed by atoms with van der Waals surface area (Å²) in [6.45, 7) is 2.10. The van der Waals surface area contributed by atoms with Gasteiger partial charge in [-0.05, 0) is 18.8 Å². The van der Waals surface area contributed by atoms with E-state index in [1.807, 2.05) is 17.9 Å². The van der Waals surface area contributed by atoms with Crippen molar-refractivity contribution in [1.82, 2.24) is 34.4 Å². The van der Waals surface area contributed by atoms with Crippen molar-refractivity contribution in [2.24, 2.45) is 13.0 Å². The third-order valence-electron chi connectivity index (χ3n) is 4.72. The van der Waals surface area contributed by atoms with E-state index in [-0.39, 0.29) is 13.5 Å². The fourth-order valence-electron chi connectivity index (χ4n) is 3.43. The molecule has 0 radical (unpaired) electrons. The van der Waals surface area contributed by atoms with Crippen LogP contribution in [0.5, 0.6) is 0 Å². The summed E-state index contributed by atoms with van der Waals surface area (Å²) in [7, 11) is 3.27. The maximum atomic E-state index is 11.8. The lowest BCUT2D eigenvalue weighted by Gasteiger charge is -2.31. The summed E-state index contributed by atoms with van der Waals surface area (Å²) in [4.78, 5) is 22.5. The van der Waals surface area contributed by atoms with Gasteiger partial charge in [0.2, 0.25) is 5.95 Å². The average molecular weight is 386 g/mol. The van der Waals surface area contributed by atoms with Crippen molar-refractivity contribution in [3.05, 3.63) is 24.8 Å². The van der Waals surface area contributed by atoms with Gasteiger partial charge < -0.3 is 15.0 Å². The number of rotatable bonds is 4. The third-order valence-corrected chi connectivity index (χ3v) is 4.72. The van der Waals surface area contributed by atoms with E-state index in [0.717, 1.165) is 36.1 Å². The standard InChI is InChI=1S/C17H22N8O2.CH4/c1-23-11-14(8-19-23)21-16-18-6-13-7-20-25(15(13)22-16)10-12-4-3-5-24(9-12)17(26)27-2;/h6-8,11-12H,3-5,9-10H2,1-2H3,(H,18,21,22);1H4. The minimum atomic E-state index is -0.268. The smallest absolute Gasteiger partial charge is 0.409 e. The summed E-state index contributed by atoms with van der Waals surface area (Å²) in [5, 5.41) is 12.6. The number of carbonyl (C=O) groups excluding carboxylic acids is 1. The van der Waals surface area contributed by atoms with Crippen LogP contribution in [0.2, 0.25) is 0 Å². The van der Waals surface area contributed by atoms with Crippen molar-refractivity contribution >= 4 is 28.8 Å². The predicted molar refractivity (Wildman–Crippen MR) is 105 cm³/mol. The summed E-state index contributed by atoms with van der Waals surface area (Å²) in [5.41, 5.74) is 1.59. The summed E-state index contributed by atoms with van der Waals surface area (Å²) in [6.07, 6.45) is 8.83. The van der Waals surface area contributed by atoms with Crippen LogP contribution in [0.15, 0.2) is 24.8 Å². The molecule has 0 saturated carbocycles. The number of likely N-dealkylation sites (tertiary alicyclic amines) is 1. The topological polar surface area (TPSA) is 103 Å². The number of piperidine rings is 1. The zero-order chi connectivity index (χ0) is 18.8. The van der Waals surface area contributed by atoms with Crippen molar-refractivity contribution in [3.63, 3.8) is 0 Å². The Morgan fingerprint density at radius 2 is 2.18 bits per heavy atom. The first-order valence-corrected chi connectivity index (χ1v) is 8.89. The molecule has 4 heterocycles. The fourth-order valence-corrected chi connectivity index (χ4v) is 3.43. The van der Waals surface area contributed by atoms with Crippen LogP contribution in [0, 0.1) is 5.92 Å². The van der Waals surface area contributed by atoms with Crippen molar-refractivity contribution in [2.45, 2.75) is 26.8 Å². The van der Waals surface area contributed by atoms with Gasteiger partial charge in [0.05, 0.1) is 30.6 Å². The number of amides is 1. The highest BCUT2D eigenvalue weighted by Gasteiger charge is 2.25. The molecular formula is C18H26N8O2. The van der Waals surface area contributed by atoms with Crippen molar-refractivity contribution < 1.29 is 9.53 Å². The fraction of sp³-hybridized carbons (Fsp3) is 0.500. The van der Waals surface area contributed by atoms with Crippen LogP contribution >= 0.6 is 0 Å². The van der Waals surface area contributed by atoms with Gasteiger partial charge >= 0.3 is 6.09 Å². The van der Waals surface area contributed by atoms with E-state index in [0.29, 0.717) is 25.0 Å². The van der Waals surface area contributed by atoms with Crippen LogP contribution in [0.25, 0.3) is 11.0 Å². The van der Waals surface area contributed by atoms with Gasteiger partial charge in [0.15, 0.2) is 5.65 Å². The molecule has 1 saturated heterocycles. The highest BCUT2D eigenvalue weighted by atomic mass is 16.5. The van der Waals surface area contributed by atoms with Gasteiger partial charge in [-0.25, -0.2) is 14.5 Å². The van der Waals surface area contributed by atoms with E-state index in [9.17, 15) is 4.79 Å². The lowest BCUT2D eigenvalue weighted by atomic mass is 9.98. The molecule has 0 spiro atoms. The van der Waals surface area contributed by atoms with Gasteiger partial charge in [-0.3, -0.25) is 4.68 Å². The third kappa shape index (κ3) is 4.05. The average Bonchev–Trinajstić information content (AvgIpc) is 3.27. The summed E-state index contributed by atoms with van der Waals surface area (Å²) >= 11 is 0. The number of methoxy groups -OCH3 is 1.